The van der Waals surface area contributed by atoms with E-state index in [0.717, 1.165) is 11.0 Å². The summed E-state index contributed by atoms with van der Waals surface area (Å²) in [5, 5.41) is 5.51. The largest absolute Gasteiger partial charge is 0.370 e. The maximum Gasteiger partial charge on any atom is 0.0701 e. The molecule has 0 bridgehead atoms. The summed E-state index contributed by atoms with van der Waals surface area (Å²) in [5.74, 6) is 0. The quantitative estimate of drug-likeness (QED) is 0.719. The highest BCUT2D eigenvalue weighted by Gasteiger charge is 2.13. The van der Waals surface area contributed by atoms with Crippen molar-refractivity contribution >= 4 is 48.9 Å². The van der Waals surface area contributed by atoms with Crippen molar-refractivity contribution < 1.29 is 0 Å². The van der Waals surface area contributed by atoms with Crippen molar-refractivity contribution in [1.29, 1.82) is 0 Å². The molecule has 2 nitrogen and oxygen atoms in total. The van der Waals surface area contributed by atoms with Gasteiger partial charge in [-0.15, -0.1) is 11.3 Å². The van der Waals surface area contributed by atoms with Crippen LogP contribution < -0.4 is 10.2 Å². The highest BCUT2D eigenvalue weighted by molar-refractivity contribution is 9.11. The summed E-state index contributed by atoms with van der Waals surface area (Å²) in [5.41, 5.74) is 3.89. The van der Waals surface area contributed by atoms with Gasteiger partial charge < -0.3 is 10.2 Å². The Morgan fingerprint density at radius 1 is 1.30 bits per heavy atom. The number of nitrogens with zero attached hydrogens (tertiary/aromatic N) is 1. The van der Waals surface area contributed by atoms with E-state index in [2.05, 4.69) is 85.7 Å². The zero-order valence-electron chi connectivity index (χ0n) is 11.8. The molecule has 1 heterocycles. The van der Waals surface area contributed by atoms with E-state index in [4.69, 9.17) is 0 Å². The van der Waals surface area contributed by atoms with Gasteiger partial charge in [0.15, 0.2) is 0 Å². The van der Waals surface area contributed by atoms with Crippen molar-refractivity contribution in [2.24, 2.45) is 0 Å². The molecule has 5 heteroatoms. The van der Waals surface area contributed by atoms with Gasteiger partial charge in [0.25, 0.3) is 0 Å². The van der Waals surface area contributed by atoms with E-state index in [1.54, 1.807) is 11.3 Å². The van der Waals surface area contributed by atoms with Crippen molar-refractivity contribution in [3.05, 3.63) is 49.0 Å². The van der Waals surface area contributed by atoms with Crippen LogP contribution in [0.5, 0.6) is 0 Å². The molecule has 0 aliphatic heterocycles. The maximum atomic E-state index is 3.56. The van der Waals surface area contributed by atoms with Crippen LogP contribution in [0.2, 0.25) is 0 Å². The second-order valence-electron chi connectivity index (χ2n) is 4.83. The standard InChI is InChI=1S/C15H18Br2N2S/c1-10(18-2)13-7-12(16)4-5-14(13)19(3)8-11-6-15(17)20-9-11/h4-7,9-10,18H,8H2,1-3H3. The number of hydrogen-bond acceptors (Lipinski definition) is 3. The summed E-state index contributed by atoms with van der Waals surface area (Å²) in [6.07, 6.45) is 0. The van der Waals surface area contributed by atoms with Crippen LogP contribution in [0.4, 0.5) is 5.69 Å². The predicted molar refractivity (Wildman–Crippen MR) is 95.7 cm³/mol. The van der Waals surface area contributed by atoms with Crippen molar-refractivity contribution in [2.75, 3.05) is 19.0 Å². The van der Waals surface area contributed by atoms with Crippen LogP contribution >= 0.6 is 43.2 Å². The molecule has 2 aromatic rings. The smallest absolute Gasteiger partial charge is 0.0701 e. The van der Waals surface area contributed by atoms with Crippen LogP contribution in [0.15, 0.2) is 37.9 Å². The molecule has 1 aromatic carbocycles. The number of anilines is 1. The number of rotatable bonds is 5. The molecule has 1 aromatic heterocycles. The number of hydrogen-bond donors (Lipinski definition) is 1. The summed E-state index contributed by atoms with van der Waals surface area (Å²) < 4.78 is 2.30. The fraction of sp³-hybridized carbons (Fsp3) is 0.333. The molecular weight excluding hydrogens is 400 g/mol. The Bertz CT molecular complexity index is 583. The highest BCUT2D eigenvalue weighted by atomic mass is 79.9. The molecule has 108 valence electrons. The van der Waals surface area contributed by atoms with Gasteiger partial charge in [-0.05, 0) is 70.7 Å². The lowest BCUT2D eigenvalue weighted by Gasteiger charge is -2.25. The zero-order valence-corrected chi connectivity index (χ0v) is 15.8. The van der Waals surface area contributed by atoms with Crippen LogP contribution in [-0.2, 0) is 6.54 Å². The van der Waals surface area contributed by atoms with Crippen LogP contribution in [0, 0.1) is 0 Å². The van der Waals surface area contributed by atoms with Gasteiger partial charge in [-0.2, -0.15) is 0 Å². The van der Waals surface area contributed by atoms with Crippen molar-refractivity contribution in [3.63, 3.8) is 0 Å². The van der Waals surface area contributed by atoms with Crippen molar-refractivity contribution in [2.45, 2.75) is 19.5 Å². The number of nitrogens with one attached hydrogen (secondary N) is 1. The lowest BCUT2D eigenvalue weighted by atomic mass is 10.1. The number of thiophene rings is 1. The summed E-state index contributed by atoms with van der Waals surface area (Å²) in [6, 6.07) is 8.97. The van der Waals surface area contributed by atoms with Crippen LogP contribution in [-0.4, -0.2) is 14.1 Å². The normalized spacial score (nSPS) is 12.4. The molecule has 0 aliphatic carbocycles. The van der Waals surface area contributed by atoms with Gasteiger partial charge in [0, 0.05) is 29.8 Å². The van der Waals surface area contributed by atoms with Crippen LogP contribution in [0.25, 0.3) is 0 Å². The first-order valence-corrected chi connectivity index (χ1v) is 8.88. The molecule has 1 N–H and O–H groups in total. The van der Waals surface area contributed by atoms with Gasteiger partial charge in [-0.3, -0.25) is 0 Å². The molecule has 0 amide bonds. The molecule has 0 aliphatic rings. The first-order valence-electron chi connectivity index (χ1n) is 6.42. The van der Waals surface area contributed by atoms with E-state index in [0.29, 0.717) is 6.04 Å². The summed E-state index contributed by atoms with van der Waals surface area (Å²) in [6.45, 7) is 3.09. The maximum absolute atomic E-state index is 3.56. The second-order valence-corrected chi connectivity index (χ2v) is 8.03. The molecule has 20 heavy (non-hydrogen) atoms. The first kappa shape index (κ1) is 16.0. The Kier molecular flexibility index (Phi) is 5.66. The molecule has 0 saturated carbocycles. The molecule has 1 atom stereocenters. The summed E-state index contributed by atoms with van der Waals surface area (Å²) in [7, 11) is 4.13. The van der Waals surface area contributed by atoms with Gasteiger partial charge in [0.2, 0.25) is 0 Å². The Morgan fingerprint density at radius 2 is 2.05 bits per heavy atom. The summed E-state index contributed by atoms with van der Waals surface area (Å²) >= 11 is 8.81. The first-order chi connectivity index (χ1) is 9.51. The van der Waals surface area contributed by atoms with Crippen LogP contribution in [0.3, 0.4) is 0 Å². The third-order valence-corrected chi connectivity index (χ3v) is 5.39. The second kappa shape index (κ2) is 7.07. The predicted octanol–water partition coefficient (Wildman–Crippen LogP) is 5.19. The third-order valence-electron chi connectivity index (χ3n) is 3.34. The van der Waals surface area contributed by atoms with E-state index < -0.39 is 0 Å². The average molecular weight is 418 g/mol. The summed E-state index contributed by atoms with van der Waals surface area (Å²) in [4.78, 5) is 2.30. The van der Waals surface area contributed by atoms with Gasteiger partial charge in [-0.1, -0.05) is 15.9 Å². The van der Waals surface area contributed by atoms with Crippen molar-refractivity contribution in [3.8, 4) is 0 Å². The fourth-order valence-corrected chi connectivity index (χ4v) is 3.74. The molecule has 1 unspecified atom stereocenters. The number of benzene rings is 1. The van der Waals surface area contributed by atoms with Gasteiger partial charge in [-0.25, -0.2) is 0 Å². The fourth-order valence-electron chi connectivity index (χ4n) is 2.16. The molecule has 0 radical (unpaired) electrons. The Morgan fingerprint density at radius 3 is 2.65 bits per heavy atom. The molecule has 2 rings (SSSR count). The van der Waals surface area contributed by atoms with Crippen molar-refractivity contribution in [1.82, 2.24) is 5.32 Å². The number of halogens is 2. The SMILES string of the molecule is CNC(C)c1cc(Br)ccc1N(C)Cc1csc(Br)c1. The molecular formula is C15H18Br2N2S. The van der Waals surface area contributed by atoms with Gasteiger partial charge in [0.05, 0.1) is 3.79 Å². The minimum absolute atomic E-state index is 0.319. The average Bonchev–Trinajstić information content (AvgIpc) is 2.82. The Hall–Kier alpha value is -0.360. The molecule has 0 fully saturated rings. The monoisotopic (exact) mass is 416 g/mol. The van der Waals surface area contributed by atoms with Gasteiger partial charge >= 0.3 is 0 Å². The Balaban J connectivity index is 2.26. The zero-order chi connectivity index (χ0) is 14.7. The molecule has 0 saturated heterocycles. The van der Waals surface area contributed by atoms with E-state index >= 15 is 0 Å². The van der Waals surface area contributed by atoms with Crippen LogP contribution in [0.1, 0.15) is 24.1 Å². The minimum Gasteiger partial charge on any atom is -0.370 e. The highest BCUT2D eigenvalue weighted by Crippen LogP contribution is 2.30. The van der Waals surface area contributed by atoms with E-state index in [-0.39, 0.29) is 0 Å². The Labute approximate surface area is 141 Å². The lowest BCUT2D eigenvalue weighted by Crippen LogP contribution is -2.21. The third kappa shape index (κ3) is 3.85. The minimum atomic E-state index is 0.319. The van der Waals surface area contributed by atoms with E-state index in [1.165, 1.54) is 20.6 Å². The lowest BCUT2D eigenvalue weighted by molar-refractivity contribution is 0.649. The van der Waals surface area contributed by atoms with E-state index in [1.807, 2.05) is 7.05 Å². The van der Waals surface area contributed by atoms with E-state index in [9.17, 15) is 0 Å². The topological polar surface area (TPSA) is 15.3 Å². The molecule has 0 spiro atoms. The van der Waals surface area contributed by atoms with Gasteiger partial charge in [0.1, 0.15) is 0 Å².